The Balaban J connectivity index is 0.000000707. The fraction of sp³-hybridized carbons (Fsp3) is 0.286. The molecule has 0 radical (unpaired) electrons. The third kappa shape index (κ3) is 9.97. The highest BCUT2D eigenvalue weighted by molar-refractivity contribution is 6.32. The standard InChI is InChI=1S/C26H25ClF3N5O3.C2HF3O2/c1-35(10-11-37-2)25(36)16-8-9-31-23-20(12-16)24(33-15-32-23)34-18-6-7-22(21(27)14-18)38-19-5-3-4-17(13-19)26(28,29)30;3-2(4,5)1(6)7/h3-7,12-15H,8-11H2,1-2H3,(H2,31,32,33,34);(H,6,7). The predicted molar refractivity (Wildman–Crippen MR) is 153 cm³/mol. The molecule has 1 amide bonds. The van der Waals surface area contributed by atoms with Crippen molar-refractivity contribution < 1.29 is 50.5 Å². The molecule has 0 atom stereocenters. The van der Waals surface area contributed by atoms with E-state index in [0.717, 1.165) is 12.1 Å². The van der Waals surface area contributed by atoms with Crippen molar-refractivity contribution in [2.24, 2.45) is 0 Å². The Hall–Kier alpha value is -4.57. The molecule has 1 aromatic heterocycles. The van der Waals surface area contributed by atoms with Gasteiger partial charge in [0.25, 0.3) is 0 Å². The van der Waals surface area contributed by atoms with Gasteiger partial charge in [0, 0.05) is 38.5 Å². The number of carbonyl (C=O) groups excluding carboxylic acids is 1. The maximum absolute atomic E-state index is 13.0. The smallest absolute Gasteiger partial charge is 0.475 e. The highest BCUT2D eigenvalue weighted by Crippen LogP contribution is 2.36. The Labute approximate surface area is 257 Å². The number of halogens is 7. The molecule has 3 aromatic rings. The van der Waals surface area contributed by atoms with E-state index in [1.807, 2.05) is 0 Å². The van der Waals surface area contributed by atoms with Gasteiger partial charge in [-0.05, 0) is 48.9 Å². The molecule has 242 valence electrons. The van der Waals surface area contributed by atoms with Gasteiger partial charge < -0.3 is 30.1 Å². The fourth-order valence-electron chi connectivity index (χ4n) is 3.74. The number of aliphatic carboxylic acids is 1. The van der Waals surface area contributed by atoms with Gasteiger partial charge in [-0.2, -0.15) is 26.3 Å². The van der Waals surface area contributed by atoms with Crippen LogP contribution < -0.4 is 15.4 Å². The number of carbonyl (C=O) groups is 2. The largest absolute Gasteiger partial charge is 0.490 e. The van der Waals surface area contributed by atoms with Crippen LogP contribution in [0.15, 0.2) is 54.4 Å². The van der Waals surface area contributed by atoms with Crippen LogP contribution in [0.1, 0.15) is 17.5 Å². The summed E-state index contributed by atoms with van der Waals surface area (Å²) in [6.07, 6.45) is -5.92. The average molecular weight is 662 g/mol. The zero-order valence-corrected chi connectivity index (χ0v) is 24.3. The summed E-state index contributed by atoms with van der Waals surface area (Å²) in [4.78, 5) is 32.1. The van der Waals surface area contributed by atoms with Gasteiger partial charge in [0.1, 0.15) is 29.5 Å². The van der Waals surface area contributed by atoms with E-state index in [2.05, 4.69) is 20.6 Å². The lowest BCUT2D eigenvalue weighted by Gasteiger charge is -2.18. The summed E-state index contributed by atoms with van der Waals surface area (Å²) in [5, 5.41) is 13.7. The number of hydrogen-bond donors (Lipinski definition) is 3. The van der Waals surface area contributed by atoms with Crippen LogP contribution in [0.4, 0.5) is 43.7 Å². The van der Waals surface area contributed by atoms with Crippen LogP contribution >= 0.6 is 11.6 Å². The number of alkyl halides is 6. The first kappa shape index (κ1) is 34.9. The number of benzene rings is 2. The molecule has 17 heteroatoms. The summed E-state index contributed by atoms with van der Waals surface area (Å²) in [6, 6.07) is 9.31. The van der Waals surface area contributed by atoms with E-state index >= 15 is 0 Å². The molecule has 10 nitrogen and oxygen atoms in total. The predicted octanol–water partition coefficient (Wildman–Crippen LogP) is 6.62. The number of anilines is 3. The summed E-state index contributed by atoms with van der Waals surface area (Å²) >= 11 is 6.38. The Morgan fingerprint density at radius 3 is 2.44 bits per heavy atom. The normalized spacial score (nSPS) is 12.8. The molecule has 2 heterocycles. The van der Waals surface area contributed by atoms with Gasteiger partial charge in [-0.25, -0.2) is 14.8 Å². The zero-order chi connectivity index (χ0) is 33.4. The molecular weight excluding hydrogens is 636 g/mol. The minimum absolute atomic E-state index is 0.00688. The molecule has 3 N–H and O–H groups in total. The van der Waals surface area contributed by atoms with E-state index in [1.54, 1.807) is 43.3 Å². The quantitative estimate of drug-likeness (QED) is 0.228. The number of carboxylic acid groups (broad SMARTS) is 1. The van der Waals surface area contributed by atoms with Gasteiger partial charge in [0.05, 0.1) is 22.8 Å². The maximum atomic E-state index is 13.0. The number of hydrogen-bond acceptors (Lipinski definition) is 8. The number of methoxy groups -OCH3 is 1. The first-order valence-corrected chi connectivity index (χ1v) is 13.2. The lowest BCUT2D eigenvalue weighted by Crippen LogP contribution is -2.31. The minimum atomic E-state index is -5.08. The Morgan fingerprint density at radius 1 is 1.11 bits per heavy atom. The van der Waals surface area contributed by atoms with E-state index in [4.69, 9.17) is 31.0 Å². The summed E-state index contributed by atoms with van der Waals surface area (Å²) in [6.45, 7) is 1.40. The average Bonchev–Trinajstić information content (AvgIpc) is 3.20. The first-order valence-electron chi connectivity index (χ1n) is 12.9. The van der Waals surface area contributed by atoms with Crippen molar-refractivity contribution in [3.8, 4) is 11.5 Å². The number of nitrogens with zero attached hydrogens (tertiary/aromatic N) is 3. The zero-order valence-electron chi connectivity index (χ0n) is 23.6. The molecule has 0 fully saturated rings. The van der Waals surface area contributed by atoms with Crippen molar-refractivity contribution in [2.75, 3.05) is 44.5 Å². The summed E-state index contributed by atoms with van der Waals surface area (Å²) < 4.78 is 81.4. The molecule has 0 unspecified atom stereocenters. The lowest BCUT2D eigenvalue weighted by molar-refractivity contribution is -0.192. The van der Waals surface area contributed by atoms with Gasteiger partial charge in [-0.15, -0.1) is 0 Å². The second-order valence-corrected chi connectivity index (χ2v) is 9.66. The molecule has 0 saturated heterocycles. The number of nitrogens with one attached hydrogen (secondary N) is 2. The van der Waals surface area contributed by atoms with Crippen LogP contribution in [0.5, 0.6) is 11.5 Å². The third-order valence-electron chi connectivity index (χ3n) is 5.97. The molecule has 2 aromatic carbocycles. The van der Waals surface area contributed by atoms with Crippen molar-refractivity contribution in [3.63, 3.8) is 0 Å². The maximum Gasteiger partial charge on any atom is 0.490 e. The van der Waals surface area contributed by atoms with E-state index in [0.29, 0.717) is 54.6 Å². The van der Waals surface area contributed by atoms with Gasteiger partial charge >= 0.3 is 18.3 Å². The topological polar surface area (TPSA) is 126 Å². The lowest BCUT2D eigenvalue weighted by atomic mass is 10.1. The van der Waals surface area contributed by atoms with Crippen molar-refractivity contribution in [2.45, 2.75) is 18.8 Å². The molecule has 0 aliphatic carbocycles. The highest BCUT2D eigenvalue weighted by atomic mass is 35.5. The Kier molecular flexibility index (Phi) is 11.6. The van der Waals surface area contributed by atoms with Crippen LogP contribution in [0.2, 0.25) is 5.02 Å². The molecule has 4 rings (SSSR count). The molecule has 1 aliphatic heterocycles. The van der Waals surface area contributed by atoms with Crippen LogP contribution in [0, 0.1) is 0 Å². The number of ether oxygens (including phenoxy) is 2. The Bertz CT molecular complexity index is 1550. The van der Waals surface area contributed by atoms with Crippen LogP contribution in [-0.4, -0.2) is 71.9 Å². The van der Waals surface area contributed by atoms with E-state index in [1.165, 1.54) is 18.5 Å². The number of fused-ring (bicyclic) bond motifs is 1. The minimum Gasteiger partial charge on any atom is -0.475 e. The number of amides is 1. The number of aromatic nitrogens is 2. The van der Waals surface area contributed by atoms with Gasteiger partial charge in [0.2, 0.25) is 5.91 Å². The van der Waals surface area contributed by atoms with E-state index in [-0.39, 0.29) is 22.4 Å². The fourth-order valence-corrected chi connectivity index (χ4v) is 3.96. The SMILES string of the molecule is COCCN(C)C(=O)C1=Cc2c(ncnc2Nc2ccc(Oc3cccc(C(F)(F)F)c3)c(Cl)c2)NCC1.O=C(O)C(F)(F)F. The second kappa shape index (κ2) is 14.9. The van der Waals surface area contributed by atoms with E-state index < -0.39 is 23.9 Å². The summed E-state index contributed by atoms with van der Waals surface area (Å²) in [5.41, 5.74) is 0.928. The molecule has 0 spiro atoms. The molecule has 0 bridgehead atoms. The van der Waals surface area contributed by atoms with Crippen molar-refractivity contribution >= 4 is 46.9 Å². The Morgan fingerprint density at radius 2 is 1.82 bits per heavy atom. The molecule has 0 saturated carbocycles. The van der Waals surface area contributed by atoms with Crippen LogP contribution in [0.25, 0.3) is 6.08 Å². The molecule has 45 heavy (non-hydrogen) atoms. The van der Waals surface area contributed by atoms with Gasteiger partial charge in [-0.1, -0.05) is 17.7 Å². The molecular formula is C28H26ClF6N5O5. The summed E-state index contributed by atoms with van der Waals surface area (Å²) in [5.74, 6) is -1.67. The highest BCUT2D eigenvalue weighted by Gasteiger charge is 2.38. The number of carboxylic acids is 1. The van der Waals surface area contributed by atoms with E-state index in [9.17, 15) is 31.1 Å². The number of rotatable bonds is 8. The number of likely N-dealkylation sites (N-methyl/N-ethyl adjacent to an activating group) is 1. The summed E-state index contributed by atoms with van der Waals surface area (Å²) in [7, 11) is 3.29. The first-order chi connectivity index (χ1) is 21.1. The van der Waals surface area contributed by atoms with Gasteiger partial charge in [0.15, 0.2) is 0 Å². The van der Waals surface area contributed by atoms with Crippen molar-refractivity contribution in [1.82, 2.24) is 14.9 Å². The van der Waals surface area contributed by atoms with Gasteiger partial charge in [-0.3, -0.25) is 4.79 Å². The van der Waals surface area contributed by atoms with Crippen molar-refractivity contribution in [1.29, 1.82) is 0 Å². The third-order valence-corrected chi connectivity index (χ3v) is 6.26. The van der Waals surface area contributed by atoms with Crippen LogP contribution in [-0.2, 0) is 20.5 Å². The van der Waals surface area contributed by atoms with Crippen LogP contribution in [0.3, 0.4) is 0 Å². The monoisotopic (exact) mass is 661 g/mol. The van der Waals surface area contributed by atoms with Crippen molar-refractivity contribution in [3.05, 3.63) is 70.5 Å². The second-order valence-electron chi connectivity index (χ2n) is 9.25. The molecule has 1 aliphatic rings.